The highest BCUT2D eigenvalue weighted by molar-refractivity contribution is 5.97. The van der Waals surface area contributed by atoms with Gasteiger partial charge in [0.1, 0.15) is 12.4 Å². The molecule has 0 aliphatic heterocycles. The van der Waals surface area contributed by atoms with Crippen molar-refractivity contribution in [2.24, 2.45) is 0 Å². The number of furan rings is 1. The second kappa shape index (κ2) is 7.95. The smallest absolute Gasteiger partial charge is 0.287 e. The number of hydrogen-bond donors (Lipinski definition) is 1. The van der Waals surface area contributed by atoms with Crippen LogP contribution in [0.3, 0.4) is 0 Å². The molecule has 136 valence electrons. The van der Waals surface area contributed by atoms with E-state index in [-0.39, 0.29) is 11.7 Å². The Morgan fingerprint density at radius 1 is 1.12 bits per heavy atom. The van der Waals surface area contributed by atoms with E-state index in [1.165, 1.54) is 0 Å². The van der Waals surface area contributed by atoms with E-state index in [0.29, 0.717) is 30.4 Å². The van der Waals surface area contributed by atoms with Crippen molar-refractivity contribution in [3.8, 4) is 11.5 Å². The van der Waals surface area contributed by atoms with Gasteiger partial charge in [0.2, 0.25) is 0 Å². The van der Waals surface area contributed by atoms with Crippen molar-refractivity contribution in [2.75, 3.05) is 20.3 Å². The Morgan fingerprint density at radius 3 is 2.65 bits per heavy atom. The second-order valence-electron chi connectivity index (χ2n) is 6.29. The summed E-state index contributed by atoms with van der Waals surface area (Å²) in [6.45, 7) is 5.03. The van der Waals surface area contributed by atoms with Crippen LogP contribution in [0.4, 0.5) is 0 Å². The first-order valence-corrected chi connectivity index (χ1v) is 8.66. The van der Waals surface area contributed by atoms with Gasteiger partial charge in [-0.1, -0.05) is 44.2 Å². The predicted octanol–water partition coefficient (Wildman–Crippen LogP) is 4.37. The van der Waals surface area contributed by atoms with Crippen LogP contribution in [0, 0.1) is 0 Å². The first-order chi connectivity index (χ1) is 12.6. The van der Waals surface area contributed by atoms with Crippen LogP contribution in [-0.2, 0) is 0 Å². The zero-order chi connectivity index (χ0) is 18.5. The van der Waals surface area contributed by atoms with Gasteiger partial charge in [-0.3, -0.25) is 4.79 Å². The molecule has 1 aromatic heterocycles. The standard InChI is InChI=1S/C21H23NO4/c1-14(2)16-8-4-5-9-17(16)25-12-11-22-21(23)19-13-15-7-6-10-18(24-3)20(15)26-19/h4-10,13-14H,11-12H2,1-3H3,(H,22,23). The fraction of sp³-hybridized carbons (Fsp3) is 0.286. The Morgan fingerprint density at radius 2 is 1.88 bits per heavy atom. The maximum Gasteiger partial charge on any atom is 0.287 e. The quantitative estimate of drug-likeness (QED) is 0.641. The fourth-order valence-corrected chi connectivity index (χ4v) is 2.81. The van der Waals surface area contributed by atoms with Crippen LogP contribution in [0.25, 0.3) is 11.0 Å². The zero-order valence-electron chi connectivity index (χ0n) is 15.2. The van der Waals surface area contributed by atoms with Gasteiger partial charge in [-0.25, -0.2) is 0 Å². The van der Waals surface area contributed by atoms with Gasteiger partial charge in [-0.2, -0.15) is 0 Å². The molecule has 0 saturated carbocycles. The average molecular weight is 353 g/mol. The summed E-state index contributed by atoms with van der Waals surface area (Å²) in [5.74, 6) is 1.82. The summed E-state index contributed by atoms with van der Waals surface area (Å²) in [6.07, 6.45) is 0. The molecule has 1 N–H and O–H groups in total. The van der Waals surface area contributed by atoms with E-state index < -0.39 is 0 Å². The van der Waals surface area contributed by atoms with Gasteiger partial charge in [0.05, 0.1) is 13.7 Å². The van der Waals surface area contributed by atoms with Crippen molar-refractivity contribution in [3.63, 3.8) is 0 Å². The maximum absolute atomic E-state index is 12.3. The molecule has 0 aliphatic rings. The van der Waals surface area contributed by atoms with Gasteiger partial charge in [0.15, 0.2) is 17.1 Å². The molecular weight excluding hydrogens is 330 g/mol. The van der Waals surface area contributed by atoms with Gasteiger partial charge < -0.3 is 19.2 Å². The zero-order valence-corrected chi connectivity index (χ0v) is 15.2. The third-order valence-corrected chi connectivity index (χ3v) is 4.14. The summed E-state index contributed by atoms with van der Waals surface area (Å²) in [7, 11) is 1.57. The minimum Gasteiger partial charge on any atom is -0.493 e. The van der Waals surface area contributed by atoms with E-state index in [9.17, 15) is 4.79 Å². The average Bonchev–Trinajstić information content (AvgIpc) is 3.09. The molecule has 0 radical (unpaired) electrons. The lowest BCUT2D eigenvalue weighted by atomic mass is 10.0. The van der Waals surface area contributed by atoms with E-state index in [1.54, 1.807) is 19.2 Å². The molecule has 3 aromatic rings. The summed E-state index contributed by atoms with van der Waals surface area (Å²) < 4.78 is 16.7. The fourth-order valence-electron chi connectivity index (χ4n) is 2.81. The number of fused-ring (bicyclic) bond motifs is 1. The second-order valence-corrected chi connectivity index (χ2v) is 6.29. The summed E-state index contributed by atoms with van der Waals surface area (Å²) in [5, 5.41) is 3.65. The minimum atomic E-state index is -0.274. The van der Waals surface area contributed by atoms with Gasteiger partial charge >= 0.3 is 0 Å². The highest BCUT2D eigenvalue weighted by atomic mass is 16.5. The Balaban J connectivity index is 1.58. The molecule has 0 bridgehead atoms. The maximum atomic E-state index is 12.3. The van der Waals surface area contributed by atoms with Gasteiger partial charge in [0, 0.05) is 5.39 Å². The third kappa shape index (κ3) is 3.82. The Bertz CT molecular complexity index is 898. The molecule has 1 amide bonds. The van der Waals surface area contributed by atoms with Crippen molar-refractivity contribution >= 4 is 16.9 Å². The number of nitrogens with one attached hydrogen (secondary N) is 1. The number of carbonyl (C=O) groups is 1. The molecular formula is C21H23NO4. The Kier molecular flexibility index (Phi) is 5.46. The minimum absolute atomic E-state index is 0.257. The lowest BCUT2D eigenvalue weighted by Crippen LogP contribution is -2.27. The van der Waals surface area contributed by atoms with Crippen molar-refractivity contribution in [1.29, 1.82) is 0 Å². The van der Waals surface area contributed by atoms with Crippen molar-refractivity contribution in [3.05, 3.63) is 59.9 Å². The molecule has 26 heavy (non-hydrogen) atoms. The highest BCUT2D eigenvalue weighted by Crippen LogP contribution is 2.28. The van der Waals surface area contributed by atoms with Crippen LogP contribution in [0.5, 0.6) is 11.5 Å². The summed E-state index contributed by atoms with van der Waals surface area (Å²) in [5.41, 5.74) is 1.73. The van der Waals surface area contributed by atoms with E-state index >= 15 is 0 Å². The van der Waals surface area contributed by atoms with Gasteiger partial charge in [-0.05, 0) is 29.7 Å². The van der Waals surface area contributed by atoms with Crippen molar-refractivity contribution in [2.45, 2.75) is 19.8 Å². The molecule has 3 rings (SSSR count). The Hall–Kier alpha value is -2.95. The van der Waals surface area contributed by atoms with E-state index in [1.807, 2.05) is 30.3 Å². The summed E-state index contributed by atoms with van der Waals surface area (Å²) >= 11 is 0. The molecule has 0 aliphatic carbocycles. The summed E-state index contributed by atoms with van der Waals surface area (Å²) in [6, 6.07) is 15.2. The highest BCUT2D eigenvalue weighted by Gasteiger charge is 2.14. The Labute approximate surface area is 152 Å². The number of ether oxygens (including phenoxy) is 2. The number of hydrogen-bond acceptors (Lipinski definition) is 4. The lowest BCUT2D eigenvalue weighted by molar-refractivity contribution is 0.0921. The van der Waals surface area contributed by atoms with Crippen LogP contribution in [-0.4, -0.2) is 26.2 Å². The number of para-hydroxylation sites is 2. The largest absolute Gasteiger partial charge is 0.493 e. The molecule has 5 heteroatoms. The van der Waals surface area contributed by atoms with Crippen LogP contribution >= 0.6 is 0 Å². The first-order valence-electron chi connectivity index (χ1n) is 8.66. The normalized spacial score (nSPS) is 10.9. The monoisotopic (exact) mass is 353 g/mol. The first kappa shape index (κ1) is 17.9. The number of carbonyl (C=O) groups excluding carboxylic acids is 1. The van der Waals surface area contributed by atoms with Gasteiger partial charge in [0.25, 0.3) is 5.91 Å². The molecule has 5 nitrogen and oxygen atoms in total. The lowest BCUT2D eigenvalue weighted by Gasteiger charge is -2.13. The number of amides is 1. The summed E-state index contributed by atoms with van der Waals surface area (Å²) in [4.78, 5) is 12.3. The van der Waals surface area contributed by atoms with Crippen LogP contribution < -0.4 is 14.8 Å². The predicted molar refractivity (Wildman–Crippen MR) is 101 cm³/mol. The van der Waals surface area contributed by atoms with Crippen molar-refractivity contribution < 1.29 is 18.7 Å². The number of benzene rings is 2. The molecule has 0 spiro atoms. The molecule has 0 fully saturated rings. The molecule has 0 atom stereocenters. The SMILES string of the molecule is COc1cccc2cc(C(=O)NCCOc3ccccc3C(C)C)oc12. The van der Waals surface area contributed by atoms with E-state index in [2.05, 4.69) is 25.2 Å². The molecule has 1 heterocycles. The molecule has 0 unspecified atom stereocenters. The molecule has 2 aromatic carbocycles. The van der Waals surface area contributed by atoms with E-state index in [4.69, 9.17) is 13.9 Å². The number of methoxy groups -OCH3 is 1. The van der Waals surface area contributed by atoms with Crippen LogP contribution in [0.2, 0.25) is 0 Å². The van der Waals surface area contributed by atoms with Gasteiger partial charge in [-0.15, -0.1) is 0 Å². The third-order valence-electron chi connectivity index (χ3n) is 4.14. The number of rotatable bonds is 7. The molecule has 0 saturated heterocycles. The topological polar surface area (TPSA) is 60.7 Å². The van der Waals surface area contributed by atoms with Crippen LogP contribution in [0.1, 0.15) is 35.9 Å². The van der Waals surface area contributed by atoms with Crippen LogP contribution in [0.15, 0.2) is 52.9 Å². The van der Waals surface area contributed by atoms with Crippen molar-refractivity contribution in [1.82, 2.24) is 5.32 Å². The van der Waals surface area contributed by atoms with E-state index in [0.717, 1.165) is 16.7 Å².